The van der Waals surface area contributed by atoms with Gasteiger partial charge in [-0.2, -0.15) is 0 Å². The molecule has 2 heterocycles. The lowest BCUT2D eigenvalue weighted by Crippen LogP contribution is -2.21. The minimum Gasteiger partial charge on any atom is -0.398 e. The Kier molecular flexibility index (Phi) is 6.86. The Balaban J connectivity index is 0.000000155. The van der Waals surface area contributed by atoms with Crippen molar-refractivity contribution in [1.82, 2.24) is 19.1 Å². The molecule has 192 valence electrons. The summed E-state index contributed by atoms with van der Waals surface area (Å²) >= 11 is 3.47. The molecule has 0 atom stereocenters. The van der Waals surface area contributed by atoms with Crippen molar-refractivity contribution < 1.29 is 0 Å². The van der Waals surface area contributed by atoms with Gasteiger partial charge in [0.05, 0.1) is 41.6 Å². The number of aromatic nitrogens is 2. The normalized spacial score (nSPS) is 11.1. The van der Waals surface area contributed by atoms with Gasteiger partial charge in [0.1, 0.15) is 28.2 Å². The highest BCUT2D eigenvalue weighted by Crippen LogP contribution is 2.32. The third-order valence-corrected chi connectivity index (χ3v) is 8.72. The van der Waals surface area contributed by atoms with Crippen LogP contribution in [0.1, 0.15) is 11.1 Å². The van der Waals surface area contributed by atoms with Gasteiger partial charge in [-0.25, -0.2) is 19.1 Å². The van der Waals surface area contributed by atoms with Gasteiger partial charge in [-0.15, -0.1) is 22.7 Å². The monoisotopic (exact) mass is 540 g/mol. The van der Waals surface area contributed by atoms with Gasteiger partial charge in [-0.3, -0.25) is 0 Å². The van der Waals surface area contributed by atoms with Crippen LogP contribution in [0.15, 0.2) is 60.7 Å². The Bertz CT molecular complexity index is 1770. The number of rotatable bonds is 0. The Labute approximate surface area is 230 Å². The topological polar surface area (TPSA) is 83.8 Å². The summed E-state index contributed by atoms with van der Waals surface area (Å²) < 4.78 is 6.46. The predicted octanol–water partition coefficient (Wildman–Crippen LogP) is 4.65. The third-order valence-electron chi connectivity index (χ3n) is 6.54. The first kappa shape index (κ1) is 25.8. The van der Waals surface area contributed by atoms with Gasteiger partial charge >= 0.3 is 0 Å². The second-order valence-corrected chi connectivity index (χ2v) is 12.0. The number of fused-ring (bicyclic) bond motifs is 4. The fourth-order valence-corrected chi connectivity index (χ4v) is 6.18. The van der Waals surface area contributed by atoms with E-state index in [0.29, 0.717) is 0 Å². The first-order valence-corrected chi connectivity index (χ1v) is 13.9. The number of hydrogen-bond donors (Lipinski definition) is 2. The number of nitrogen functional groups attached to an aromatic ring is 2. The standard InChI is InChI=1S/2C15H15N3S/c2*1-9-6-13-15(8-11(9)16)19-14-7-10(18(2)3)4-5-12(14)17-13/h2*4-8,16H,1-3H3/p+2. The Hall–Kier alpha value is -3.88. The lowest BCUT2D eigenvalue weighted by molar-refractivity contribution is 0.814. The summed E-state index contributed by atoms with van der Waals surface area (Å²) in [5.74, 6) is 0. The van der Waals surface area contributed by atoms with Gasteiger partial charge in [0, 0.05) is 35.6 Å². The van der Waals surface area contributed by atoms with E-state index in [2.05, 4.69) is 57.7 Å². The van der Waals surface area contributed by atoms with E-state index in [9.17, 15) is 0 Å². The number of anilines is 2. The molecule has 6 nitrogen and oxygen atoms in total. The number of benzene rings is 4. The molecule has 2 aliphatic heterocycles. The van der Waals surface area contributed by atoms with Crippen molar-refractivity contribution in [1.29, 1.82) is 0 Å². The van der Waals surface area contributed by atoms with E-state index < -0.39 is 0 Å². The van der Waals surface area contributed by atoms with E-state index in [1.807, 2.05) is 54.2 Å². The van der Waals surface area contributed by atoms with Gasteiger partial charge in [-0.05, 0) is 61.4 Å². The average Bonchev–Trinajstić information content (AvgIpc) is 2.87. The van der Waals surface area contributed by atoms with E-state index in [1.165, 1.54) is 20.5 Å². The molecule has 38 heavy (non-hydrogen) atoms. The molecule has 2 aromatic carbocycles. The van der Waals surface area contributed by atoms with Crippen molar-refractivity contribution in [3.8, 4) is 21.1 Å². The highest BCUT2D eigenvalue weighted by molar-refractivity contribution is 7.21. The zero-order valence-electron chi connectivity index (χ0n) is 22.5. The van der Waals surface area contributed by atoms with E-state index in [-0.39, 0.29) is 0 Å². The fourth-order valence-electron chi connectivity index (χ4n) is 4.12. The molecule has 0 unspecified atom stereocenters. The van der Waals surface area contributed by atoms with Crippen LogP contribution in [0.5, 0.6) is 0 Å². The molecule has 4 aliphatic rings. The molecular weight excluding hydrogens is 509 g/mol. The largest absolute Gasteiger partial charge is 0.398 e. The molecular formula is C30H32N6S2+2. The van der Waals surface area contributed by atoms with Crippen molar-refractivity contribution >= 4 is 54.5 Å². The van der Waals surface area contributed by atoms with Crippen molar-refractivity contribution in [3.05, 3.63) is 82.5 Å². The molecule has 8 heteroatoms. The molecule has 0 fully saturated rings. The van der Waals surface area contributed by atoms with Crippen molar-refractivity contribution in [2.45, 2.75) is 13.8 Å². The smallest absolute Gasteiger partial charge is 0.201 e. The quantitative estimate of drug-likeness (QED) is 0.167. The maximum absolute atomic E-state index is 5.98. The molecule has 0 spiro atoms. The van der Waals surface area contributed by atoms with Crippen LogP contribution in [-0.2, 0) is 0 Å². The summed E-state index contributed by atoms with van der Waals surface area (Å²) in [6.07, 6.45) is 0. The van der Waals surface area contributed by atoms with Crippen LogP contribution in [0.2, 0.25) is 0 Å². The predicted molar refractivity (Wildman–Crippen MR) is 165 cm³/mol. The SMILES string of the molecule is Cc1cc2nc3ccc(=[N+](C)C)cc-3sc2cc1N.Cc1cc2nc3ccc(=[N+](C)C)cc-3sc2cc1N. The molecule has 0 saturated heterocycles. The maximum Gasteiger partial charge on any atom is 0.201 e. The Morgan fingerprint density at radius 2 is 0.974 bits per heavy atom. The van der Waals surface area contributed by atoms with Gasteiger partial charge < -0.3 is 11.5 Å². The Morgan fingerprint density at radius 3 is 1.34 bits per heavy atom. The number of aryl methyl sites for hydroxylation is 2. The summed E-state index contributed by atoms with van der Waals surface area (Å²) in [6, 6.07) is 20.8. The van der Waals surface area contributed by atoms with E-state index in [0.717, 1.165) is 54.3 Å². The summed E-state index contributed by atoms with van der Waals surface area (Å²) in [7, 11) is 8.17. The third kappa shape index (κ3) is 5.10. The number of nitrogens with two attached hydrogens (primary N) is 2. The number of hydrogen-bond acceptors (Lipinski definition) is 6. The Morgan fingerprint density at radius 1 is 0.579 bits per heavy atom. The molecule has 4 N–H and O–H groups in total. The molecule has 0 aromatic heterocycles. The fraction of sp³-hybridized carbons (Fsp3) is 0.200. The molecule has 2 aromatic rings. The minimum atomic E-state index is 0.827. The van der Waals surface area contributed by atoms with Crippen LogP contribution >= 0.6 is 22.7 Å². The highest BCUT2D eigenvalue weighted by Gasteiger charge is 2.11. The average molecular weight is 541 g/mol. The van der Waals surface area contributed by atoms with E-state index in [1.54, 1.807) is 22.7 Å². The van der Waals surface area contributed by atoms with Gasteiger partial charge in [-0.1, -0.05) is 0 Å². The summed E-state index contributed by atoms with van der Waals surface area (Å²) in [5, 5.41) is 2.37. The van der Waals surface area contributed by atoms with Crippen molar-refractivity contribution in [3.63, 3.8) is 0 Å². The highest BCUT2D eigenvalue weighted by atomic mass is 32.1. The number of nitrogens with zero attached hydrogens (tertiary/aromatic N) is 4. The lowest BCUT2D eigenvalue weighted by atomic mass is 10.2. The van der Waals surface area contributed by atoms with Crippen LogP contribution in [0.3, 0.4) is 0 Å². The van der Waals surface area contributed by atoms with Crippen LogP contribution in [0.25, 0.3) is 41.6 Å². The van der Waals surface area contributed by atoms with Crippen molar-refractivity contribution in [2.24, 2.45) is 0 Å². The van der Waals surface area contributed by atoms with Crippen LogP contribution in [0.4, 0.5) is 11.4 Å². The summed E-state index contributed by atoms with van der Waals surface area (Å²) in [4.78, 5) is 11.8. The maximum atomic E-state index is 5.98. The first-order chi connectivity index (χ1) is 18.1. The molecule has 0 radical (unpaired) electrons. The van der Waals surface area contributed by atoms with Crippen LogP contribution in [-0.4, -0.2) is 38.2 Å². The van der Waals surface area contributed by atoms with Gasteiger partial charge in [0.2, 0.25) is 10.7 Å². The van der Waals surface area contributed by atoms with Crippen LogP contribution < -0.4 is 31.3 Å². The van der Waals surface area contributed by atoms with Gasteiger partial charge in [0.25, 0.3) is 0 Å². The lowest BCUT2D eigenvalue weighted by Gasteiger charge is -2.07. The zero-order valence-corrected chi connectivity index (χ0v) is 24.2. The molecule has 2 aliphatic carbocycles. The van der Waals surface area contributed by atoms with E-state index >= 15 is 0 Å². The summed E-state index contributed by atoms with van der Waals surface area (Å²) in [6.45, 7) is 4.03. The van der Waals surface area contributed by atoms with Crippen LogP contribution in [0, 0.1) is 13.8 Å². The molecule has 0 amide bonds. The zero-order chi connectivity index (χ0) is 27.1. The van der Waals surface area contributed by atoms with Crippen molar-refractivity contribution in [2.75, 3.05) is 39.7 Å². The molecule has 6 rings (SSSR count). The second kappa shape index (κ2) is 10.1. The van der Waals surface area contributed by atoms with Gasteiger partial charge in [0.15, 0.2) is 0 Å². The molecule has 0 bridgehead atoms. The van der Waals surface area contributed by atoms with E-state index in [4.69, 9.17) is 21.4 Å². The summed E-state index contributed by atoms with van der Waals surface area (Å²) in [5.41, 5.74) is 19.9. The minimum absolute atomic E-state index is 0.827. The second-order valence-electron chi connectivity index (χ2n) is 9.87. The first-order valence-electron chi connectivity index (χ1n) is 12.3. The molecule has 0 saturated carbocycles.